The Hall–Kier alpha value is -4.00. The van der Waals surface area contributed by atoms with Crippen LogP contribution in [0.4, 0.5) is 8.78 Å². The van der Waals surface area contributed by atoms with E-state index in [4.69, 9.17) is 0 Å². The number of aromatic nitrogens is 2. The highest BCUT2D eigenvalue weighted by molar-refractivity contribution is 7.13. The van der Waals surface area contributed by atoms with Gasteiger partial charge >= 0.3 is 0 Å². The molecule has 0 aliphatic heterocycles. The van der Waals surface area contributed by atoms with Gasteiger partial charge in [0.15, 0.2) is 0 Å². The summed E-state index contributed by atoms with van der Waals surface area (Å²) in [5.41, 5.74) is 8.31. The minimum Gasteiger partial charge on any atom is -0.236 e. The molecule has 0 radical (unpaired) electrons. The van der Waals surface area contributed by atoms with Crippen molar-refractivity contribution >= 4 is 22.7 Å². The second-order valence-corrected chi connectivity index (χ2v) is 10.5. The van der Waals surface area contributed by atoms with Crippen molar-refractivity contribution in [3.05, 3.63) is 131 Å². The Bertz CT molecular complexity index is 1610. The van der Waals surface area contributed by atoms with Gasteiger partial charge in [-0.25, -0.2) is 18.7 Å². The smallest absolute Gasteiger partial charge is 0.124 e. The van der Waals surface area contributed by atoms with E-state index < -0.39 is 0 Å². The average Bonchev–Trinajstić information content (AvgIpc) is 3.61. The van der Waals surface area contributed by atoms with Gasteiger partial charge in [0.2, 0.25) is 0 Å². The van der Waals surface area contributed by atoms with Gasteiger partial charge in [-0.1, -0.05) is 67.1 Å². The fourth-order valence-corrected chi connectivity index (χ4v) is 5.56. The van der Waals surface area contributed by atoms with Crippen LogP contribution in [-0.4, -0.2) is 9.97 Å². The van der Waals surface area contributed by atoms with Gasteiger partial charge in [0, 0.05) is 33.0 Å². The molecule has 2 aromatic heterocycles. The second kappa shape index (κ2) is 12.7. The third kappa shape index (κ3) is 7.11. The molecule has 0 saturated heterocycles. The van der Waals surface area contributed by atoms with Crippen molar-refractivity contribution in [1.29, 1.82) is 0 Å². The Kier molecular flexibility index (Phi) is 9.12. The summed E-state index contributed by atoms with van der Waals surface area (Å²) in [6, 6.07) is 29.5. The molecule has 2 heterocycles. The van der Waals surface area contributed by atoms with Crippen LogP contribution in [0.1, 0.15) is 18.6 Å². The quantitative estimate of drug-likeness (QED) is 0.217. The van der Waals surface area contributed by atoms with Gasteiger partial charge in [-0.05, 0) is 62.4 Å². The normalized spacial score (nSPS) is 10.4. The molecule has 6 heteroatoms. The first-order valence-electron chi connectivity index (χ1n) is 12.0. The zero-order valence-corrected chi connectivity index (χ0v) is 22.5. The van der Waals surface area contributed by atoms with E-state index in [1.807, 2.05) is 35.0 Å². The fourth-order valence-electron chi connectivity index (χ4n) is 3.90. The van der Waals surface area contributed by atoms with Crippen molar-refractivity contribution in [1.82, 2.24) is 9.97 Å². The summed E-state index contributed by atoms with van der Waals surface area (Å²) in [6.07, 6.45) is 0. The molecule has 0 aliphatic rings. The first kappa shape index (κ1) is 28.0. The molecule has 0 saturated carbocycles. The van der Waals surface area contributed by atoms with E-state index in [9.17, 15) is 8.78 Å². The summed E-state index contributed by atoms with van der Waals surface area (Å²) in [5.74, 6) is -0.455. The number of hydrogen-bond donors (Lipinski definition) is 0. The van der Waals surface area contributed by atoms with Gasteiger partial charge in [-0.2, -0.15) is 0 Å². The van der Waals surface area contributed by atoms with E-state index >= 15 is 0 Å². The van der Waals surface area contributed by atoms with Gasteiger partial charge in [-0.3, -0.25) is 0 Å². The number of benzene rings is 4. The monoisotopic (exact) mass is 554 g/mol. The molecular weight excluding hydrogens is 527 g/mol. The molecule has 0 N–H and O–H groups in total. The number of halogens is 2. The van der Waals surface area contributed by atoms with Crippen LogP contribution in [0.25, 0.3) is 43.7 Å². The fraction of sp³-hybridized carbons (Fsp3) is 0.0909. The maximum atomic E-state index is 13.2. The molecule has 6 rings (SSSR count). The number of nitrogens with zero attached hydrogens (tertiary/aromatic N) is 2. The molecular formula is C33H28F2N2S2. The molecule has 0 aliphatic carbocycles. The number of aryl methyl sites for hydroxylation is 2. The van der Waals surface area contributed by atoms with Crippen LogP contribution >= 0.6 is 22.7 Å². The van der Waals surface area contributed by atoms with Crippen LogP contribution < -0.4 is 0 Å². The molecule has 2 nitrogen and oxygen atoms in total. The van der Waals surface area contributed by atoms with Crippen molar-refractivity contribution in [3.8, 4) is 43.7 Å². The lowest BCUT2D eigenvalue weighted by Crippen LogP contribution is -1.81. The van der Waals surface area contributed by atoms with Crippen LogP contribution in [0.5, 0.6) is 0 Å². The lowest BCUT2D eigenvalue weighted by molar-refractivity contribution is 0.627. The molecule has 0 spiro atoms. The highest BCUT2D eigenvalue weighted by atomic mass is 32.1. The summed E-state index contributed by atoms with van der Waals surface area (Å²) >= 11 is 3.11. The van der Waals surface area contributed by atoms with Gasteiger partial charge in [0.25, 0.3) is 0 Å². The SMILES string of the molecule is C.Cc1cccc(-c2csc(-c3ccc(F)cc3)n2)c1.Cc1cccc(-c2csc(-c3cccc(F)c3)n2)c1. The second-order valence-electron chi connectivity index (χ2n) is 8.83. The van der Waals surface area contributed by atoms with Crippen molar-refractivity contribution in [2.24, 2.45) is 0 Å². The number of hydrogen-bond acceptors (Lipinski definition) is 4. The zero-order chi connectivity index (χ0) is 26.5. The molecule has 0 amide bonds. The maximum absolute atomic E-state index is 13.2. The Morgan fingerprint density at radius 3 is 1.51 bits per heavy atom. The predicted molar refractivity (Wildman–Crippen MR) is 162 cm³/mol. The van der Waals surface area contributed by atoms with Crippen LogP contribution in [-0.2, 0) is 0 Å². The van der Waals surface area contributed by atoms with Crippen molar-refractivity contribution in [2.45, 2.75) is 21.3 Å². The van der Waals surface area contributed by atoms with Gasteiger partial charge < -0.3 is 0 Å². The lowest BCUT2D eigenvalue weighted by Gasteiger charge is -1.98. The standard InChI is InChI=1S/2C16H12FNS.CH4/c1-11-4-2-5-12(8-11)15-10-19-16(18-15)13-6-3-7-14(17)9-13;1-11-3-2-4-13(9-11)15-10-19-16(18-15)12-5-7-14(17)8-6-12;/h2*2-10H,1H3;1H4. The topological polar surface area (TPSA) is 25.8 Å². The van der Waals surface area contributed by atoms with Crippen molar-refractivity contribution in [2.75, 3.05) is 0 Å². The van der Waals surface area contributed by atoms with Gasteiger partial charge in [0.05, 0.1) is 11.4 Å². The first-order valence-corrected chi connectivity index (χ1v) is 13.8. The lowest BCUT2D eigenvalue weighted by atomic mass is 10.1. The van der Waals surface area contributed by atoms with Crippen LogP contribution in [0.2, 0.25) is 0 Å². The largest absolute Gasteiger partial charge is 0.236 e. The summed E-state index contributed by atoms with van der Waals surface area (Å²) < 4.78 is 26.1. The summed E-state index contributed by atoms with van der Waals surface area (Å²) in [4.78, 5) is 9.20. The van der Waals surface area contributed by atoms with Crippen molar-refractivity contribution < 1.29 is 8.78 Å². The molecule has 0 fully saturated rings. The van der Waals surface area contributed by atoms with E-state index in [2.05, 4.69) is 54.1 Å². The molecule has 4 aromatic carbocycles. The molecule has 0 bridgehead atoms. The molecule has 39 heavy (non-hydrogen) atoms. The predicted octanol–water partition coefficient (Wildman–Crippen LogP) is 10.5. The third-order valence-corrected chi connectivity index (χ3v) is 7.58. The number of rotatable bonds is 4. The van der Waals surface area contributed by atoms with Crippen LogP contribution in [0.15, 0.2) is 108 Å². The molecule has 0 unspecified atom stereocenters. The van der Waals surface area contributed by atoms with Gasteiger partial charge in [-0.15, -0.1) is 22.7 Å². The Morgan fingerprint density at radius 1 is 0.513 bits per heavy atom. The highest BCUT2D eigenvalue weighted by Crippen LogP contribution is 2.30. The Labute approximate surface area is 236 Å². The minimum atomic E-state index is -0.232. The molecule has 0 atom stereocenters. The molecule has 6 aromatic rings. The zero-order valence-electron chi connectivity index (χ0n) is 20.9. The van der Waals surface area contributed by atoms with E-state index in [1.165, 1.54) is 46.7 Å². The van der Waals surface area contributed by atoms with E-state index in [-0.39, 0.29) is 19.1 Å². The Balaban J connectivity index is 0.000000176. The summed E-state index contributed by atoms with van der Waals surface area (Å²) in [6.45, 7) is 4.13. The van der Waals surface area contributed by atoms with E-state index in [0.29, 0.717) is 0 Å². The average molecular weight is 555 g/mol. The first-order chi connectivity index (χ1) is 18.4. The minimum absolute atomic E-state index is 0. The third-order valence-electron chi connectivity index (χ3n) is 5.80. The molecule has 196 valence electrons. The number of thiazole rings is 2. The highest BCUT2D eigenvalue weighted by Gasteiger charge is 2.08. The summed E-state index contributed by atoms with van der Waals surface area (Å²) in [5, 5.41) is 5.80. The van der Waals surface area contributed by atoms with Gasteiger partial charge in [0.1, 0.15) is 21.6 Å². The van der Waals surface area contributed by atoms with Crippen molar-refractivity contribution in [3.63, 3.8) is 0 Å². The maximum Gasteiger partial charge on any atom is 0.124 e. The van der Waals surface area contributed by atoms with E-state index in [1.54, 1.807) is 29.5 Å². The Morgan fingerprint density at radius 2 is 1.00 bits per heavy atom. The van der Waals surface area contributed by atoms with E-state index in [0.717, 1.165) is 43.7 Å². The van der Waals surface area contributed by atoms with Crippen LogP contribution in [0.3, 0.4) is 0 Å². The summed E-state index contributed by atoms with van der Waals surface area (Å²) in [7, 11) is 0. The van der Waals surface area contributed by atoms with Crippen LogP contribution in [0, 0.1) is 25.5 Å².